The van der Waals surface area contributed by atoms with Crippen molar-refractivity contribution in [3.05, 3.63) is 48.8 Å². The molecule has 0 fully saturated rings. The van der Waals surface area contributed by atoms with Crippen LogP contribution in [-0.2, 0) is 14.3 Å². The molecule has 2 N–H and O–H groups in total. The molecule has 71 heavy (non-hydrogen) atoms. The van der Waals surface area contributed by atoms with Gasteiger partial charge in [0.2, 0.25) is 0 Å². The summed E-state index contributed by atoms with van der Waals surface area (Å²) in [4.78, 5) is 31.1. The fraction of sp³-hybridized carbons (Fsp3) is 0.692. The Bertz CT molecular complexity index is 1730. The highest BCUT2D eigenvalue weighted by Gasteiger charge is 2.29. The summed E-state index contributed by atoms with van der Waals surface area (Å²) < 4.78 is 5.43. The minimum atomic E-state index is -0.869. The van der Waals surface area contributed by atoms with E-state index in [0.717, 1.165) is 47.2 Å². The number of aliphatic hydroxyl groups excluding tert-OH is 1. The molecule has 0 saturated heterocycles. The molecular formula is C52H82N4O5S10. The van der Waals surface area contributed by atoms with Gasteiger partial charge < -0.3 is 14.9 Å². The number of aliphatic carboxylic acids is 1. The van der Waals surface area contributed by atoms with Crippen LogP contribution in [-0.4, -0.2) is 84.9 Å². The van der Waals surface area contributed by atoms with Crippen LogP contribution in [0.4, 0.5) is 0 Å². The van der Waals surface area contributed by atoms with Gasteiger partial charge in [-0.3, -0.25) is 9.59 Å². The standard InChI is InChI=1S/C26H40N2O2S5.C19H33NO2S3.C7H9NOS2/c1-3-4-5-6-7-8-9-10-11-14-20-32-25(31)34-26(2,22-27)17-16-24(29)30-19-21-33-35-23-15-12-13-18-28-23;1-3-4-5-6-7-8-9-10-11-12-15-24-18(23)25-19(2,16-20)14-13-17(21)22;9-5-6-10-11-7-3-1-2-4-8-7/h12-13,15,18H,3-11,14,16-17,19-21H2,1-2H3;3-15H2,1-2H3,(H,21,22);1-4,9H,5-6H2. The SMILES string of the molecule is CCCCCCCCCCCCSC(=S)SC(C)(C#N)CCC(=O)O.CCCCCCCCCCCCSC(=S)SC(C)(C#N)CCC(=O)OCCSSc1ccccn1.OCCSSc1ccccn1. The van der Waals surface area contributed by atoms with Crippen LogP contribution in [0.25, 0.3) is 0 Å². The number of thiocarbonyl (C=S) groups is 2. The van der Waals surface area contributed by atoms with Gasteiger partial charge in [0.1, 0.15) is 33.2 Å². The molecule has 400 valence electrons. The molecule has 0 saturated carbocycles. The summed E-state index contributed by atoms with van der Waals surface area (Å²) in [6.07, 6.45) is 30.9. The monoisotopic (exact) mass is 1160 g/mol. The summed E-state index contributed by atoms with van der Waals surface area (Å²) in [5, 5.41) is 38.1. The zero-order chi connectivity index (χ0) is 52.5. The highest BCUT2D eigenvalue weighted by molar-refractivity contribution is 8.77. The van der Waals surface area contributed by atoms with Crippen LogP contribution in [0.1, 0.15) is 182 Å². The van der Waals surface area contributed by atoms with Crippen molar-refractivity contribution in [3.8, 4) is 12.1 Å². The van der Waals surface area contributed by atoms with E-state index in [0.29, 0.717) is 25.2 Å². The number of rotatable bonds is 39. The van der Waals surface area contributed by atoms with Gasteiger partial charge in [0.25, 0.3) is 0 Å². The number of unbranched alkanes of at least 4 members (excludes halogenated alkanes) is 18. The largest absolute Gasteiger partial charge is 0.481 e. The molecule has 0 aromatic carbocycles. The first-order valence-corrected chi connectivity index (χ1v) is 34.3. The lowest BCUT2D eigenvalue weighted by molar-refractivity contribution is -0.143. The molecule has 0 radical (unpaired) electrons. The van der Waals surface area contributed by atoms with Gasteiger partial charge in [-0.25, -0.2) is 9.97 Å². The lowest BCUT2D eigenvalue weighted by atomic mass is 10.1. The van der Waals surface area contributed by atoms with Gasteiger partial charge in [0.05, 0.1) is 18.7 Å². The Kier molecular flexibility index (Phi) is 49.4. The van der Waals surface area contributed by atoms with Gasteiger partial charge in [-0.2, -0.15) is 10.5 Å². The fourth-order valence-corrected chi connectivity index (χ4v) is 15.5. The number of hydrogen-bond donors (Lipinski definition) is 2. The summed E-state index contributed by atoms with van der Waals surface area (Å²) in [5.41, 5.74) is 0. The molecule has 2 heterocycles. The molecule has 0 aliphatic carbocycles. The van der Waals surface area contributed by atoms with Gasteiger partial charge in [0.15, 0.2) is 0 Å². The maximum Gasteiger partial charge on any atom is 0.305 e. The van der Waals surface area contributed by atoms with Gasteiger partial charge in [0, 0.05) is 36.7 Å². The minimum absolute atomic E-state index is 0.00276. The van der Waals surface area contributed by atoms with Gasteiger partial charge in [-0.15, -0.1) is 23.5 Å². The highest BCUT2D eigenvalue weighted by Crippen LogP contribution is 2.36. The average Bonchev–Trinajstić information content (AvgIpc) is 3.37. The van der Waals surface area contributed by atoms with E-state index in [2.05, 4.69) is 36.0 Å². The predicted molar refractivity (Wildman–Crippen MR) is 326 cm³/mol. The van der Waals surface area contributed by atoms with Crippen molar-refractivity contribution in [1.82, 2.24) is 9.97 Å². The van der Waals surface area contributed by atoms with Crippen molar-refractivity contribution >= 4 is 134 Å². The lowest BCUT2D eigenvalue weighted by Gasteiger charge is -2.20. The average molecular weight is 1160 g/mol. The van der Waals surface area contributed by atoms with Crippen molar-refractivity contribution in [2.75, 3.05) is 36.2 Å². The number of aromatic nitrogens is 2. The van der Waals surface area contributed by atoms with Crippen molar-refractivity contribution in [3.63, 3.8) is 0 Å². The Hall–Kier alpha value is -0.840. The molecule has 0 bridgehead atoms. The van der Waals surface area contributed by atoms with Crippen molar-refractivity contribution in [2.45, 2.75) is 201 Å². The zero-order valence-electron chi connectivity index (χ0n) is 42.8. The number of carboxylic acids is 1. The number of esters is 1. The second-order valence-electron chi connectivity index (χ2n) is 16.9. The molecule has 2 aromatic rings. The third kappa shape index (κ3) is 46.2. The summed E-state index contributed by atoms with van der Waals surface area (Å²) in [6, 6.07) is 16.1. The van der Waals surface area contributed by atoms with E-state index in [9.17, 15) is 20.1 Å². The van der Waals surface area contributed by atoms with Crippen LogP contribution in [0.2, 0.25) is 0 Å². The number of carbonyl (C=O) groups excluding carboxylic acids is 1. The van der Waals surface area contributed by atoms with Crippen molar-refractivity contribution in [2.24, 2.45) is 0 Å². The van der Waals surface area contributed by atoms with E-state index in [1.165, 1.54) is 139 Å². The second kappa shape index (κ2) is 50.0. The summed E-state index contributed by atoms with van der Waals surface area (Å²) in [5.74, 6) is 2.30. The number of nitrogens with zero attached hydrogens (tertiary/aromatic N) is 4. The first-order valence-electron chi connectivity index (χ1n) is 25.3. The van der Waals surface area contributed by atoms with Crippen LogP contribution in [0.5, 0.6) is 0 Å². The van der Waals surface area contributed by atoms with Crippen molar-refractivity contribution in [1.29, 1.82) is 10.5 Å². The maximum absolute atomic E-state index is 12.1. The van der Waals surface area contributed by atoms with E-state index in [4.69, 9.17) is 39.4 Å². The van der Waals surface area contributed by atoms with E-state index in [1.807, 2.05) is 43.3 Å². The van der Waals surface area contributed by atoms with Crippen LogP contribution in [0.15, 0.2) is 58.8 Å². The first kappa shape index (κ1) is 70.2. The Labute approximate surface area is 473 Å². The Morgan fingerprint density at radius 3 is 1.37 bits per heavy atom. The Morgan fingerprint density at radius 1 is 0.606 bits per heavy atom. The number of aliphatic hydroxyl groups is 1. The van der Waals surface area contributed by atoms with Gasteiger partial charge in [-0.05, 0) is 96.9 Å². The van der Waals surface area contributed by atoms with E-state index in [-0.39, 0.29) is 25.4 Å². The van der Waals surface area contributed by atoms with Crippen LogP contribution >= 0.6 is 115 Å². The Balaban J connectivity index is 0.00000117. The number of nitriles is 2. The predicted octanol–water partition coefficient (Wildman–Crippen LogP) is 17.7. The first-order chi connectivity index (χ1) is 34.4. The zero-order valence-corrected chi connectivity index (χ0v) is 51.0. The molecule has 2 aromatic heterocycles. The number of carboxylic acid groups (broad SMARTS) is 1. The van der Waals surface area contributed by atoms with Crippen molar-refractivity contribution < 1.29 is 24.5 Å². The van der Waals surface area contributed by atoms with Gasteiger partial charge >= 0.3 is 11.9 Å². The molecule has 2 atom stereocenters. The lowest BCUT2D eigenvalue weighted by Crippen LogP contribution is -2.21. The molecule has 19 heteroatoms. The van der Waals surface area contributed by atoms with E-state index >= 15 is 0 Å². The Morgan fingerprint density at radius 2 is 1.00 bits per heavy atom. The third-order valence-corrected chi connectivity index (χ3v) is 20.5. The minimum Gasteiger partial charge on any atom is -0.481 e. The fourth-order valence-electron chi connectivity index (χ4n) is 6.16. The summed E-state index contributed by atoms with van der Waals surface area (Å²) >= 11 is 16.9. The molecule has 0 spiro atoms. The number of thioether (sulfide) groups is 4. The number of pyridine rings is 2. The number of ether oxygens (including phenoxy) is 1. The maximum atomic E-state index is 12.1. The number of carbonyl (C=O) groups is 2. The molecule has 2 unspecified atom stereocenters. The summed E-state index contributed by atoms with van der Waals surface area (Å²) in [6.45, 7) is 8.72. The molecular weight excluding hydrogens is 1080 g/mol. The smallest absolute Gasteiger partial charge is 0.305 e. The van der Waals surface area contributed by atoms with E-state index in [1.54, 1.807) is 86.0 Å². The molecule has 2 rings (SSSR count). The van der Waals surface area contributed by atoms with Gasteiger partial charge in [-0.1, -0.05) is 211 Å². The summed E-state index contributed by atoms with van der Waals surface area (Å²) in [7, 11) is 6.37. The molecule has 0 aliphatic heterocycles. The quantitative estimate of drug-likeness (QED) is 0.0282. The molecule has 0 amide bonds. The van der Waals surface area contributed by atoms with Crippen LogP contribution in [0, 0.1) is 22.7 Å². The highest BCUT2D eigenvalue weighted by atomic mass is 33.1. The van der Waals surface area contributed by atoms with E-state index < -0.39 is 15.5 Å². The number of hydrogen-bond acceptors (Lipinski definition) is 18. The van der Waals surface area contributed by atoms with Crippen LogP contribution < -0.4 is 0 Å². The normalized spacial score (nSPS) is 12.4. The molecule has 0 aliphatic rings. The van der Waals surface area contributed by atoms with Crippen LogP contribution in [0.3, 0.4) is 0 Å². The molecule has 9 nitrogen and oxygen atoms in total. The third-order valence-electron chi connectivity index (χ3n) is 10.3. The second-order valence-corrected chi connectivity index (χ2v) is 29.4. The topological polar surface area (TPSA) is 157 Å².